The average Bonchev–Trinajstić information content (AvgIpc) is 3.11. The number of aromatic amines is 1. The van der Waals surface area contributed by atoms with Gasteiger partial charge in [-0.2, -0.15) is 0 Å². The maximum absolute atomic E-state index is 12.8. The standard InChI is InChI=1S/C16H21N3O3S3/c1-6-22-14(21)11-8(3)12(17-9(11)4)13(20)10(5)24-16-19-18-15(25-16)23-7-2/h10,17H,6-7H2,1-5H3/t10-/m0/s1. The van der Waals surface area contributed by atoms with Crippen LogP contribution in [0.4, 0.5) is 0 Å². The zero-order chi connectivity index (χ0) is 18.6. The summed E-state index contributed by atoms with van der Waals surface area (Å²) in [6.07, 6.45) is 0. The number of ether oxygens (including phenoxy) is 1. The molecule has 0 aliphatic carbocycles. The minimum absolute atomic E-state index is 0.0685. The highest BCUT2D eigenvalue weighted by Crippen LogP contribution is 2.32. The molecule has 2 aromatic rings. The van der Waals surface area contributed by atoms with Crippen molar-refractivity contribution < 1.29 is 14.3 Å². The number of ketones is 1. The van der Waals surface area contributed by atoms with Gasteiger partial charge in [-0.3, -0.25) is 4.79 Å². The Hall–Kier alpha value is -1.32. The summed E-state index contributed by atoms with van der Waals surface area (Å²) in [5.74, 6) is 0.463. The number of nitrogens with one attached hydrogen (secondary N) is 1. The van der Waals surface area contributed by atoms with E-state index in [-0.39, 0.29) is 11.0 Å². The number of nitrogens with zero attached hydrogens (tertiary/aromatic N) is 2. The normalized spacial score (nSPS) is 12.2. The summed E-state index contributed by atoms with van der Waals surface area (Å²) in [6, 6.07) is 0. The lowest BCUT2D eigenvalue weighted by atomic mass is 10.1. The molecule has 0 aromatic carbocycles. The molecule has 0 bridgehead atoms. The minimum Gasteiger partial charge on any atom is -0.462 e. The molecule has 0 amide bonds. The first-order valence-corrected chi connectivity index (χ1v) is 10.6. The molecule has 25 heavy (non-hydrogen) atoms. The molecule has 2 rings (SSSR count). The minimum atomic E-state index is -0.404. The fraction of sp³-hybridized carbons (Fsp3) is 0.500. The van der Waals surface area contributed by atoms with E-state index in [1.165, 1.54) is 23.1 Å². The lowest BCUT2D eigenvalue weighted by molar-refractivity contribution is 0.0525. The van der Waals surface area contributed by atoms with Gasteiger partial charge in [-0.25, -0.2) is 4.79 Å². The number of aryl methyl sites for hydroxylation is 1. The molecule has 0 unspecified atom stereocenters. The number of Topliss-reactive ketones (excluding diaryl/α,β-unsaturated/α-hetero) is 1. The zero-order valence-corrected chi connectivity index (χ0v) is 17.3. The highest BCUT2D eigenvalue weighted by Gasteiger charge is 2.26. The SMILES string of the molecule is CCOC(=O)c1c(C)[nH]c(C(=O)[C@H](C)Sc2nnc(SCC)s2)c1C. The molecule has 0 fully saturated rings. The summed E-state index contributed by atoms with van der Waals surface area (Å²) in [5.41, 5.74) is 2.18. The van der Waals surface area contributed by atoms with E-state index in [0.717, 1.165) is 14.4 Å². The number of esters is 1. The van der Waals surface area contributed by atoms with Crippen LogP contribution < -0.4 is 0 Å². The van der Waals surface area contributed by atoms with E-state index in [9.17, 15) is 9.59 Å². The van der Waals surface area contributed by atoms with Crippen LogP contribution in [0.5, 0.6) is 0 Å². The Morgan fingerprint density at radius 3 is 2.56 bits per heavy atom. The molecule has 136 valence electrons. The van der Waals surface area contributed by atoms with Gasteiger partial charge in [0.15, 0.2) is 14.5 Å². The first kappa shape index (κ1) is 20.0. The van der Waals surface area contributed by atoms with Gasteiger partial charge < -0.3 is 9.72 Å². The van der Waals surface area contributed by atoms with E-state index < -0.39 is 5.97 Å². The van der Waals surface area contributed by atoms with E-state index >= 15 is 0 Å². The van der Waals surface area contributed by atoms with Crippen molar-refractivity contribution in [2.45, 2.75) is 48.5 Å². The number of H-pyrrole nitrogens is 1. The fourth-order valence-electron chi connectivity index (χ4n) is 2.34. The van der Waals surface area contributed by atoms with Crippen molar-refractivity contribution in [3.05, 3.63) is 22.5 Å². The van der Waals surface area contributed by atoms with E-state index in [0.29, 0.717) is 29.1 Å². The van der Waals surface area contributed by atoms with E-state index in [1.807, 2.05) is 6.92 Å². The van der Waals surface area contributed by atoms with Crippen molar-refractivity contribution in [1.82, 2.24) is 15.2 Å². The van der Waals surface area contributed by atoms with E-state index in [4.69, 9.17) is 4.74 Å². The van der Waals surface area contributed by atoms with E-state index in [2.05, 4.69) is 22.1 Å². The van der Waals surface area contributed by atoms with Crippen LogP contribution in [0.15, 0.2) is 8.68 Å². The van der Waals surface area contributed by atoms with Crippen molar-refractivity contribution in [2.24, 2.45) is 0 Å². The summed E-state index contributed by atoms with van der Waals surface area (Å²) < 4.78 is 6.74. The maximum Gasteiger partial charge on any atom is 0.340 e. The van der Waals surface area contributed by atoms with Gasteiger partial charge in [-0.15, -0.1) is 10.2 Å². The van der Waals surface area contributed by atoms with Crippen LogP contribution in [0, 0.1) is 13.8 Å². The molecule has 1 atom stereocenters. The molecule has 6 nitrogen and oxygen atoms in total. The Bertz CT molecular complexity index is 770. The summed E-state index contributed by atoms with van der Waals surface area (Å²) in [7, 11) is 0. The molecule has 0 aliphatic rings. The van der Waals surface area contributed by atoms with Crippen molar-refractivity contribution in [1.29, 1.82) is 0 Å². The summed E-state index contributed by atoms with van der Waals surface area (Å²) in [5, 5.41) is 7.89. The third-order valence-corrected chi connectivity index (χ3v) is 6.59. The highest BCUT2D eigenvalue weighted by atomic mass is 32.2. The Morgan fingerprint density at radius 2 is 1.92 bits per heavy atom. The number of thioether (sulfide) groups is 2. The summed E-state index contributed by atoms with van der Waals surface area (Å²) in [6.45, 7) is 9.48. The number of aromatic nitrogens is 3. The lowest BCUT2D eigenvalue weighted by Gasteiger charge is -2.07. The van der Waals surface area contributed by atoms with Gasteiger partial charge in [0, 0.05) is 5.69 Å². The molecule has 2 aromatic heterocycles. The van der Waals surface area contributed by atoms with Crippen LogP contribution in [-0.2, 0) is 4.74 Å². The smallest absolute Gasteiger partial charge is 0.340 e. The molecular weight excluding hydrogens is 378 g/mol. The predicted octanol–water partition coefficient (Wildman–Crippen LogP) is 4.14. The summed E-state index contributed by atoms with van der Waals surface area (Å²) >= 11 is 4.50. The number of hydrogen-bond acceptors (Lipinski definition) is 8. The van der Waals surface area contributed by atoms with Crippen LogP contribution in [0.25, 0.3) is 0 Å². The molecular formula is C16H21N3O3S3. The third kappa shape index (κ3) is 4.65. The predicted molar refractivity (Wildman–Crippen MR) is 102 cm³/mol. The fourth-order valence-corrected chi connectivity index (χ4v) is 5.46. The second-order valence-corrected chi connectivity index (χ2v) is 9.31. The van der Waals surface area contributed by atoms with E-state index in [1.54, 1.807) is 32.5 Å². The van der Waals surface area contributed by atoms with Crippen LogP contribution >= 0.6 is 34.9 Å². The maximum atomic E-state index is 12.8. The topological polar surface area (TPSA) is 84.9 Å². The van der Waals surface area contributed by atoms with Gasteiger partial charge in [-0.05, 0) is 39.0 Å². The lowest BCUT2D eigenvalue weighted by Crippen LogP contribution is -2.15. The van der Waals surface area contributed by atoms with Gasteiger partial charge in [0.05, 0.1) is 23.1 Å². The quantitative estimate of drug-likeness (QED) is 0.406. The first-order valence-electron chi connectivity index (χ1n) is 7.92. The summed E-state index contributed by atoms with van der Waals surface area (Å²) in [4.78, 5) is 27.9. The molecule has 9 heteroatoms. The molecule has 2 heterocycles. The Balaban J connectivity index is 2.16. The van der Waals surface area contributed by atoms with Crippen LogP contribution in [0.2, 0.25) is 0 Å². The van der Waals surface area contributed by atoms with Gasteiger partial charge in [0.1, 0.15) is 0 Å². The van der Waals surface area contributed by atoms with Crippen LogP contribution in [0.3, 0.4) is 0 Å². The second kappa shape index (κ2) is 8.86. The van der Waals surface area contributed by atoms with Crippen molar-refractivity contribution in [3.63, 3.8) is 0 Å². The Labute approximate surface area is 159 Å². The van der Waals surface area contributed by atoms with Crippen molar-refractivity contribution >= 4 is 46.6 Å². The average molecular weight is 400 g/mol. The monoisotopic (exact) mass is 399 g/mol. The number of rotatable bonds is 8. The molecule has 0 saturated carbocycles. The molecule has 0 radical (unpaired) electrons. The molecule has 1 N–H and O–H groups in total. The largest absolute Gasteiger partial charge is 0.462 e. The highest BCUT2D eigenvalue weighted by molar-refractivity contribution is 8.03. The Kier molecular flexibility index (Phi) is 7.09. The number of carbonyl (C=O) groups is 2. The first-order chi connectivity index (χ1) is 11.9. The van der Waals surface area contributed by atoms with Crippen molar-refractivity contribution in [3.8, 4) is 0 Å². The van der Waals surface area contributed by atoms with Gasteiger partial charge in [0.2, 0.25) is 0 Å². The number of hydrogen-bond donors (Lipinski definition) is 1. The van der Waals surface area contributed by atoms with Gasteiger partial charge in [-0.1, -0.05) is 41.8 Å². The Morgan fingerprint density at radius 1 is 1.24 bits per heavy atom. The molecule has 0 spiro atoms. The number of carbonyl (C=O) groups excluding carboxylic acids is 2. The molecule has 0 aliphatic heterocycles. The van der Waals surface area contributed by atoms with Crippen LogP contribution in [0.1, 0.15) is 52.9 Å². The van der Waals surface area contributed by atoms with Gasteiger partial charge >= 0.3 is 5.97 Å². The van der Waals surface area contributed by atoms with Gasteiger partial charge in [0.25, 0.3) is 0 Å². The second-order valence-electron chi connectivity index (χ2n) is 5.24. The third-order valence-electron chi connectivity index (χ3n) is 3.47. The van der Waals surface area contributed by atoms with Crippen molar-refractivity contribution in [2.75, 3.05) is 12.4 Å². The molecule has 0 saturated heterocycles. The van der Waals surface area contributed by atoms with Crippen LogP contribution in [-0.4, -0.2) is 44.5 Å². The zero-order valence-electron chi connectivity index (χ0n) is 14.8.